The van der Waals surface area contributed by atoms with Crippen molar-refractivity contribution in [3.63, 3.8) is 0 Å². The molecule has 2 aromatic rings. The Morgan fingerprint density at radius 3 is 2.27 bits per heavy atom. The quantitative estimate of drug-likeness (QED) is 0.720. The van der Waals surface area contributed by atoms with E-state index in [2.05, 4.69) is 0 Å². The van der Waals surface area contributed by atoms with Gasteiger partial charge in [-0.25, -0.2) is 0 Å². The van der Waals surface area contributed by atoms with Gasteiger partial charge in [-0.05, 0) is 22.8 Å². The van der Waals surface area contributed by atoms with Crippen LogP contribution >= 0.6 is 0 Å². The molecule has 0 bridgehead atoms. The zero-order valence-electron chi connectivity index (χ0n) is 8.35. The summed E-state index contributed by atoms with van der Waals surface area (Å²) in [7, 11) is 5.72. The van der Waals surface area contributed by atoms with Gasteiger partial charge in [0.25, 0.3) is 0 Å². The van der Waals surface area contributed by atoms with Gasteiger partial charge in [-0.2, -0.15) is 0 Å². The Kier molecular flexibility index (Phi) is 2.88. The summed E-state index contributed by atoms with van der Waals surface area (Å²) >= 11 is 0. The van der Waals surface area contributed by atoms with Crippen molar-refractivity contribution in [2.24, 2.45) is 0 Å². The zero-order chi connectivity index (χ0) is 10.7. The van der Waals surface area contributed by atoms with Crippen LogP contribution in [0, 0.1) is 0 Å². The van der Waals surface area contributed by atoms with Crippen molar-refractivity contribution >= 4 is 13.3 Å². The Bertz CT molecular complexity index is 466. The Morgan fingerprint density at radius 1 is 0.933 bits per heavy atom. The second-order valence-corrected chi connectivity index (χ2v) is 3.48. The molecule has 0 saturated carbocycles. The van der Waals surface area contributed by atoms with Gasteiger partial charge in [0, 0.05) is 0 Å². The molecule has 15 heavy (non-hydrogen) atoms. The van der Waals surface area contributed by atoms with E-state index < -0.39 is 0 Å². The van der Waals surface area contributed by atoms with Crippen molar-refractivity contribution in [3.05, 3.63) is 54.1 Å². The van der Waals surface area contributed by atoms with E-state index in [-0.39, 0.29) is 6.61 Å². The molecule has 0 atom stereocenters. The highest BCUT2D eigenvalue weighted by atomic mass is 16.3. The molecule has 0 aliphatic carbocycles. The molecule has 1 N–H and O–H groups in total. The van der Waals surface area contributed by atoms with Crippen LogP contribution in [0.5, 0.6) is 0 Å². The summed E-state index contributed by atoms with van der Waals surface area (Å²) in [6.45, 7) is 0.0656. The summed E-state index contributed by atoms with van der Waals surface area (Å²) in [6, 6.07) is 15.5. The molecule has 0 spiro atoms. The van der Waals surface area contributed by atoms with Crippen molar-refractivity contribution in [3.8, 4) is 11.1 Å². The van der Waals surface area contributed by atoms with Gasteiger partial charge in [-0.1, -0.05) is 47.9 Å². The van der Waals surface area contributed by atoms with Gasteiger partial charge in [-0.3, -0.25) is 0 Å². The number of rotatable bonds is 2. The van der Waals surface area contributed by atoms with Crippen molar-refractivity contribution < 1.29 is 5.11 Å². The molecule has 72 valence electrons. The van der Waals surface area contributed by atoms with Gasteiger partial charge in [0.05, 0.1) is 6.61 Å². The highest BCUT2D eigenvalue weighted by Gasteiger charge is 1.98. The summed E-state index contributed by atoms with van der Waals surface area (Å²) in [5.74, 6) is 0. The molecule has 2 heteroatoms. The maximum atomic E-state index is 9.04. The molecule has 2 rings (SSSR count). The molecular formula is C13H11BO. The van der Waals surface area contributed by atoms with E-state index in [4.69, 9.17) is 13.0 Å². The molecule has 1 nitrogen and oxygen atoms in total. The fourth-order valence-electron chi connectivity index (χ4n) is 1.57. The molecule has 0 heterocycles. The third-order valence-corrected chi connectivity index (χ3v) is 2.33. The first-order valence-electron chi connectivity index (χ1n) is 4.85. The van der Waals surface area contributed by atoms with Crippen molar-refractivity contribution in [2.75, 3.05) is 0 Å². The predicted molar refractivity (Wildman–Crippen MR) is 63.2 cm³/mol. The number of aliphatic hydroxyl groups is 1. The summed E-state index contributed by atoms with van der Waals surface area (Å²) < 4.78 is 0. The van der Waals surface area contributed by atoms with E-state index in [1.54, 1.807) is 0 Å². The van der Waals surface area contributed by atoms with Gasteiger partial charge in [0.1, 0.15) is 7.85 Å². The topological polar surface area (TPSA) is 20.2 Å². The van der Waals surface area contributed by atoms with E-state index in [1.807, 2.05) is 48.5 Å². The molecule has 0 amide bonds. The summed E-state index contributed by atoms with van der Waals surface area (Å²) in [5, 5.41) is 9.04. The van der Waals surface area contributed by atoms with Crippen LogP contribution in [0.15, 0.2) is 48.5 Å². The van der Waals surface area contributed by atoms with Gasteiger partial charge in [0.2, 0.25) is 0 Å². The number of hydrogen-bond acceptors (Lipinski definition) is 1. The number of hydrogen-bond donors (Lipinski definition) is 1. The second kappa shape index (κ2) is 4.32. The van der Waals surface area contributed by atoms with Crippen LogP contribution in [0.25, 0.3) is 11.1 Å². The monoisotopic (exact) mass is 194 g/mol. The van der Waals surface area contributed by atoms with Crippen LogP contribution in [0.3, 0.4) is 0 Å². The lowest BCUT2D eigenvalue weighted by atomic mass is 9.92. The minimum absolute atomic E-state index is 0.0656. The van der Waals surface area contributed by atoms with Crippen LogP contribution in [-0.4, -0.2) is 13.0 Å². The molecule has 2 radical (unpaired) electrons. The largest absolute Gasteiger partial charge is 0.392 e. The molecule has 0 aromatic heterocycles. The van der Waals surface area contributed by atoms with Gasteiger partial charge < -0.3 is 5.11 Å². The minimum Gasteiger partial charge on any atom is -0.392 e. The van der Waals surface area contributed by atoms with E-state index in [9.17, 15) is 0 Å². The first-order valence-corrected chi connectivity index (χ1v) is 4.85. The predicted octanol–water partition coefficient (Wildman–Crippen LogP) is 1.64. The molecule has 2 aromatic carbocycles. The highest BCUT2D eigenvalue weighted by molar-refractivity contribution is 6.32. The zero-order valence-corrected chi connectivity index (χ0v) is 8.35. The lowest BCUT2D eigenvalue weighted by Crippen LogP contribution is -2.00. The Hall–Kier alpha value is -1.54. The van der Waals surface area contributed by atoms with Crippen LogP contribution < -0.4 is 5.46 Å². The summed E-state index contributed by atoms with van der Waals surface area (Å²) in [6.07, 6.45) is 0. The SMILES string of the molecule is [B]c1cccc(-c2cccc(CO)c2)c1. The van der Waals surface area contributed by atoms with Crippen LogP contribution in [0.4, 0.5) is 0 Å². The van der Waals surface area contributed by atoms with Gasteiger partial charge in [0.15, 0.2) is 0 Å². The van der Waals surface area contributed by atoms with Crippen LogP contribution in [-0.2, 0) is 6.61 Å². The van der Waals surface area contributed by atoms with E-state index in [0.29, 0.717) is 0 Å². The summed E-state index contributed by atoms with van der Waals surface area (Å²) in [4.78, 5) is 0. The van der Waals surface area contributed by atoms with Crippen molar-refractivity contribution in [2.45, 2.75) is 6.61 Å². The second-order valence-electron chi connectivity index (χ2n) is 3.48. The van der Waals surface area contributed by atoms with Crippen molar-refractivity contribution in [1.29, 1.82) is 0 Å². The lowest BCUT2D eigenvalue weighted by molar-refractivity contribution is 0.282. The molecule has 0 aliphatic rings. The molecular weight excluding hydrogens is 183 g/mol. The average molecular weight is 194 g/mol. The number of benzene rings is 2. The lowest BCUT2D eigenvalue weighted by Gasteiger charge is -2.04. The standard InChI is InChI=1S/C13H11BO/c14-13-6-2-5-12(8-13)11-4-1-3-10(7-11)9-15/h1-8,15H,9H2. The Labute approximate surface area is 90.8 Å². The molecule has 0 saturated heterocycles. The molecule has 0 unspecified atom stereocenters. The molecule has 0 fully saturated rings. The maximum Gasteiger partial charge on any atom is 0.113 e. The van der Waals surface area contributed by atoms with E-state index in [1.165, 1.54) is 0 Å². The third-order valence-electron chi connectivity index (χ3n) is 2.33. The Balaban J connectivity index is 2.44. The number of aliphatic hydroxyl groups excluding tert-OH is 1. The minimum atomic E-state index is 0.0656. The normalized spacial score (nSPS) is 10.2. The molecule has 0 aliphatic heterocycles. The highest BCUT2D eigenvalue weighted by Crippen LogP contribution is 2.19. The van der Waals surface area contributed by atoms with Crippen molar-refractivity contribution in [1.82, 2.24) is 0 Å². The van der Waals surface area contributed by atoms with Crippen LogP contribution in [0.2, 0.25) is 0 Å². The smallest absolute Gasteiger partial charge is 0.113 e. The summed E-state index contributed by atoms with van der Waals surface area (Å²) in [5.41, 5.74) is 3.82. The fraction of sp³-hybridized carbons (Fsp3) is 0.0769. The van der Waals surface area contributed by atoms with Crippen LogP contribution in [0.1, 0.15) is 5.56 Å². The maximum absolute atomic E-state index is 9.04. The third kappa shape index (κ3) is 2.28. The van der Waals surface area contributed by atoms with Gasteiger partial charge in [-0.15, -0.1) is 0 Å². The average Bonchev–Trinajstić information content (AvgIpc) is 2.29. The van der Waals surface area contributed by atoms with E-state index >= 15 is 0 Å². The first kappa shape index (κ1) is 10.00. The van der Waals surface area contributed by atoms with E-state index in [0.717, 1.165) is 22.2 Å². The fourth-order valence-corrected chi connectivity index (χ4v) is 1.57. The van der Waals surface area contributed by atoms with Gasteiger partial charge >= 0.3 is 0 Å². The Morgan fingerprint density at radius 2 is 1.60 bits per heavy atom. The first-order chi connectivity index (χ1) is 7.29.